The molecule has 0 spiro atoms. The van der Waals surface area contributed by atoms with E-state index in [9.17, 15) is 23.1 Å². The molecule has 2 aromatic rings. The number of aryl methyl sites for hydroxylation is 1. The largest absolute Gasteiger partial charge is 0.478 e. The molecule has 1 N–H and O–H groups in total. The first-order valence-corrected chi connectivity index (χ1v) is 6.88. The number of carbonyl (C=O) groups is 1. The summed E-state index contributed by atoms with van der Waals surface area (Å²) < 4.78 is 43.5. The molecule has 0 saturated carbocycles. The zero-order chi connectivity index (χ0) is 17.0. The highest BCUT2D eigenvalue weighted by atomic mass is 19.4. The maximum atomic E-state index is 12.7. The molecule has 0 aliphatic rings. The standard InChI is InChI=1S/C17H15F3O3/c1-11-5-7-14(8-6-11)23-15(16(21)22)10-12-3-2-4-13(9-12)17(18,19)20/h2-9,15H,10H2,1H3,(H,21,22)/t15-/m0/s1. The van der Waals surface area contributed by atoms with Gasteiger partial charge in [0.2, 0.25) is 0 Å². The number of carboxylic acid groups (broad SMARTS) is 1. The topological polar surface area (TPSA) is 46.5 Å². The lowest BCUT2D eigenvalue weighted by atomic mass is 10.0. The van der Waals surface area contributed by atoms with Gasteiger partial charge in [-0.1, -0.05) is 35.9 Å². The molecule has 0 radical (unpaired) electrons. The Hall–Kier alpha value is -2.50. The Morgan fingerprint density at radius 3 is 2.39 bits per heavy atom. The van der Waals surface area contributed by atoms with Crippen molar-refractivity contribution in [2.24, 2.45) is 0 Å². The molecule has 0 heterocycles. The van der Waals surface area contributed by atoms with Crippen LogP contribution in [0.15, 0.2) is 48.5 Å². The highest BCUT2D eigenvalue weighted by molar-refractivity contribution is 5.73. The molecule has 3 nitrogen and oxygen atoms in total. The predicted molar refractivity (Wildman–Crippen MR) is 78.4 cm³/mol. The Kier molecular flexibility index (Phi) is 4.93. The van der Waals surface area contributed by atoms with Gasteiger partial charge in [-0.2, -0.15) is 13.2 Å². The summed E-state index contributed by atoms with van der Waals surface area (Å²) in [5.41, 5.74) is 0.427. The van der Waals surface area contributed by atoms with Gasteiger partial charge in [-0.3, -0.25) is 0 Å². The zero-order valence-corrected chi connectivity index (χ0v) is 12.3. The Morgan fingerprint density at radius 2 is 1.83 bits per heavy atom. The van der Waals surface area contributed by atoms with Gasteiger partial charge in [0.05, 0.1) is 5.56 Å². The molecule has 0 aliphatic heterocycles. The fourth-order valence-electron chi connectivity index (χ4n) is 2.05. The molecule has 0 aromatic heterocycles. The highest BCUT2D eigenvalue weighted by Crippen LogP contribution is 2.30. The summed E-state index contributed by atoms with van der Waals surface area (Å²) in [6.45, 7) is 1.88. The first-order chi connectivity index (χ1) is 10.8. The number of alkyl halides is 3. The molecular formula is C17H15F3O3. The summed E-state index contributed by atoms with van der Waals surface area (Å²) in [6, 6.07) is 11.4. The van der Waals surface area contributed by atoms with E-state index in [2.05, 4.69) is 0 Å². The van der Waals surface area contributed by atoms with Crippen molar-refractivity contribution in [2.45, 2.75) is 25.6 Å². The fraction of sp³-hybridized carbons (Fsp3) is 0.235. The number of rotatable bonds is 5. The van der Waals surface area contributed by atoms with Crippen LogP contribution in [-0.4, -0.2) is 17.2 Å². The molecule has 23 heavy (non-hydrogen) atoms. The van der Waals surface area contributed by atoms with Crippen LogP contribution < -0.4 is 4.74 Å². The van der Waals surface area contributed by atoms with E-state index in [1.807, 2.05) is 6.92 Å². The van der Waals surface area contributed by atoms with Crippen LogP contribution in [0.5, 0.6) is 5.75 Å². The second-order valence-corrected chi connectivity index (χ2v) is 5.16. The van der Waals surface area contributed by atoms with Crippen LogP contribution in [0.3, 0.4) is 0 Å². The average molecular weight is 324 g/mol. The summed E-state index contributed by atoms with van der Waals surface area (Å²) in [5.74, 6) is -0.877. The van der Waals surface area contributed by atoms with Crippen molar-refractivity contribution in [1.29, 1.82) is 0 Å². The van der Waals surface area contributed by atoms with E-state index in [1.165, 1.54) is 12.1 Å². The van der Waals surface area contributed by atoms with E-state index >= 15 is 0 Å². The lowest BCUT2D eigenvalue weighted by molar-refractivity contribution is -0.145. The number of hydrogen-bond acceptors (Lipinski definition) is 2. The summed E-state index contributed by atoms with van der Waals surface area (Å²) in [5, 5.41) is 9.23. The van der Waals surface area contributed by atoms with E-state index in [1.54, 1.807) is 24.3 Å². The summed E-state index contributed by atoms with van der Waals surface area (Å²) in [6.07, 6.45) is -5.89. The van der Waals surface area contributed by atoms with Crippen LogP contribution in [0.4, 0.5) is 13.2 Å². The number of hydrogen-bond donors (Lipinski definition) is 1. The van der Waals surface area contributed by atoms with Crippen LogP contribution in [0.2, 0.25) is 0 Å². The van der Waals surface area contributed by atoms with Crippen molar-refractivity contribution in [3.8, 4) is 5.75 Å². The van der Waals surface area contributed by atoms with Crippen molar-refractivity contribution < 1.29 is 27.8 Å². The van der Waals surface area contributed by atoms with E-state index in [0.717, 1.165) is 17.7 Å². The van der Waals surface area contributed by atoms with Crippen LogP contribution in [0.1, 0.15) is 16.7 Å². The quantitative estimate of drug-likeness (QED) is 0.901. The predicted octanol–water partition coefficient (Wildman–Crippen LogP) is 4.09. The second kappa shape index (κ2) is 6.73. The van der Waals surface area contributed by atoms with Crippen molar-refractivity contribution >= 4 is 5.97 Å². The maximum Gasteiger partial charge on any atom is 0.416 e. The van der Waals surface area contributed by atoms with Crippen molar-refractivity contribution in [2.75, 3.05) is 0 Å². The Balaban J connectivity index is 2.16. The van der Waals surface area contributed by atoms with Gasteiger partial charge in [-0.15, -0.1) is 0 Å². The minimum Gasteiger partial charge on any atom is -0.478 e. The Bertz CT molecular complexity index is 678. The van der Waals surface area contributed by atoms with Crippen molar-refractivity contribution in [1.82, 2.24) is 0 Å². The van der Waals surface area contributed by atoms with E-state index in [0.29, 0.717) is 5.75 Å². The van der Waals surface area contributed by atoms with Crippen molar-refractivity contribution in [3.05, 3.63) is 65.2 Å². The smallest absolute Gasteiger partial charge is 0.416 e. The third kappa shape index (κ3) is 4.74. The van der Waals surface area contributed by atoms with Crippen molar-refractivity contribution in [3.63, 3.8) is 0 Å². The first-order valence-electron chi connectivity index (χ1n) is 6.88. The summed E-state index contributed by atoms with van der Waals surface area (Å²) in [7, 11) is 0. The van der Waals surface area contributed by atoms with Gasteiger partial charge >= 0.3 is 12.1 Å². The van der Waals surface area contributed by atoms with Crippen LogP contribution in [-0.2, 0) is 17.4 Å². The van der Waals surface area contributed by atoms with Crippen LogP contribution in [0.25, 0.3) is 0 Å². The van der Waals surface area contributed by atoms with Gasteiger partial charge in [-0.05, 0) is 30.7 Å². The monoisotopic (exact) mass is 324 g/mol. The molecule has 0 amide bonds. The maximum absolute atomic E-state index is 12.7. The number of halogens is 3. The second-order valence-electron chi connectivity index (χ2n) is 5.16. The van der Waals surface area contributed by atoms with Crippen LogP contribution in [0, 0.1) is 6.92 Å². The van der Waals surface area contributed by atoms with Gasteiger partial charge in [-0.25, -0.2) is 4.79 Å². The molecule has 6 heteroatoms. The first kappa shape index (κ1) is 16.9. The zero-order valence-electron chi connectivity index (χ0n) is 12.3. The fourth-order valence-corrected chi connectivity index (χ4v) is 2.05. The molecule has 1 atom stereocenters. The Labute approximate surface area is 131 Å². The molecule has 0 aliphatic carbocycles. The third-order valence-electron chi connectivity index (χ3n) is 3.25. The molecular weight excluding hydrogens is 309 g/mol. The van der Waals surface area contributed by atoms with Gasteiger partial charge < -0.3 is 9.84 Å². The number of aliphatic carboxylic acids is 1. The molecule has 0 saturated heterocycles. The number of ether oxygens (including phenoxy) is 1. The number of carboxylic acids is 1. The molecule has 2 rings (SSSR count). The molecule has 0 unspecified atom stereocenters. The minimum absolute atomic E-state index is 0.160. The minimum atomic E-state index is -4.47. The van der Waals surface area contributed by atoms with Gasteiger partial charge in [0.25, 0.3) is 0 Å². The molecule has 2 aromatic carbocycles. The molecule has 0 fully saturated rings. The van der Waals surface area contributed by atoms with Gasteiger partial charge in [0.1, 0.15) is 5.75 Å². The lowest BCUT2D eigenvalue weighted by Gasteiger charge is -2.16. The Morgan fingerprint density at radius 1 is 1.17 bits per heavy atom. The van der Waals surface area contributed by atoms with Crippen LogP contribution >= 0.6 is 0 Å². The average Bonchev–Trinajstić information content (AvgIpc) is 2.48. The highest BCUT2D eigenvalue weighted by Gasteiger charge is 2.31. The van der Waals surface area contributed by atoms with E-state index < -0.39 is 23.8 Å². The number of benzene rings is 2. The lowest BCUT2D eigenvalue weighted by Crippen LogP contribution is -2.29. The summed E-state index contributed by atoms with van der Waals surface area (Å²) in [4.78, 5) is 11.3. The SMILES string of the molecule is Cc1ccc(O[C@@H](Cc2cccc(C(F)(F)F)c2)C(=O)O)cc1. The third-order valence-corrected chi connectivity index (χ3v) is 3.25. The van der Waals surface area contributed by atoms with Gasteiger partial charge in [0.15, 0.2) is 6.10 Å². The summed E-state index contributed by atoms with van der Waals surface area (Å²) >= 11 is 0. The molecule has 122 valence electrons. The van der Waals surface area contributed by atoms with E-state index in [4.69, 9.17) is 4.74 Å². The molecule has 0 bridgehead atoms. The van der Waals surface area contributed by atoms with Gasteiger partial charge in [0, 0.05) is 6.42 Å². The normalized spacial score (nSPS) is 12.7. The van der Waals surface area contributed by atoms with E-state index in [-0.39, 0.29) is 12.0 Å².